The molecule has 0 saturated carbocycles. The van der Waals surface area contributed by atoms with E-state index in [1.54, 1.807) is 7.11 Å². The average Bonchev–Trinajstić information content (AvgIpc) is 2.46. The van der Waals surface area contributed by atoms with Crippen molar-refractivity contribution >= 4 is 22.6 Å². The number of rotatable bonds is 5. The molecule has 2 rings (SSSR count). The lowest BCUT2D eigenvalue weighted by Gasteiger charge is -2.23. The minimum atomic E-state index is -0.183. The van der Waals surface area contributed by atoms with Gasteiger partial charge in [-0.2, -0.15) is 0 Å². The van der Waals surface area contributed by atoms with Crippen LogP contribution in [-0.4, -0.2) is 13.2 Å². The van der Waals surface area contributed by atoms with Crippen LogP contribution >= 0.6 is 22.6 Å². The summed E-state index contributed by atoms with van der Waals surface area (Å²) in [5.41, 5.74) is 7.12. The molecule has 2 N–H and O–H groups in total. The van der Waals surface area contributed by atoms with Gasteiger partial charge in [0.1, 0.15) is 17.6 Å². The Labute approximate surface area is 133 Å². The Balaban J connectivity index is 2.25. The van der Waals surface area contributed by atoms with Crippen molar-refractivity contribution in [3.63, 3.8) is 0 Å². The molecule has 4 heteroatoms. The van der Waals surface area contributed by atoms with Crippen molar-refractivity contribution in [1.82, 2.24) is 0 Å². The first kappa shape index (κ1) is 15.1. The molecule has 0 bridgehead atoms. The predicted molar refractivity (Wildman–Crippen MR) is 89.2 cm³/mol. The van der Waals surface area contributed by atoms with Gasteiger partial charge < -0.3 is 15.2 Å². The van der Waals surface area contributed by atoms with E-state index in [9.17, 15) is 0 Å². The van der Waals surface area contributed by atoms with E-state index in [-0.39, 0.29) is 12.1 Å². The Morgan fingerprint density at radius 2 is 1.70 bits per heavy atom. The zero-order valence-electron chi connectivity index (χ0n) is 11.5. The van der Waals surface area contributed by atoms with Crippen molar-refractivity contribution in [2.24, 2.45) is 5.73 Å². The Kier molecular flexibility index (Phi) is 5.25. The van der Waals surface area contributed by atoms with Crippen molar-refractivity contribution in [3.8, 4) is 11.5 Å². The summed E-state index contributed by atoms with van der Waals surface area (Å²) in [6, 6.07) is 15.6. The van der Waals surface area contributed by atoms with Gasteiger partial charge >= 0.3 is 0 Å². The number of para-hydroxylation sites is 1. The van der Waals surface area contributed by atoms with Crippen LogP contribution in [0.3, 0.4) is 0 Å². The summed E-state index contributed by atoms with van der Waals surface area (Å²) in [6.45, 7) is 1.95. The molecule has 0 fully saturated rings. The zero-order valence-corrected chi connectivity index (χ0v) is 13.7. The van der Waals surface area contributed by atoms with Gasteiger partial charge in [0.2, 0.25) is 0 Å². The standard InChI is InChI=1S/C16H18INO2/c1-11(18)16(12-7-9-13(19-2)10-8-12)20-15-6-4-3-5-14(15)17/h3-11,16H,18H2,1-2H3. The largest absolute Gasteiger partial charge is 0.497 e. The fourth-order valence-corrected chi connectivity index (χ4v) is 2.46. The van der Waals surface area contributed by atoms with Crippen LogP contribution in [-0.2, 0) is 0 Å². The molecule has 2 unspecified atom stereocenters. The minimum absolute atomic E-state index is 0.112. The molecule has 20 heavy (non-hydrogen) atoms. The summed E-state index contributed by atoms with van der Waals surface area (Å²) in [4.78, 5) is 0. The van der Waals surface area contributed by atoms with Crippen molar-refractivity contribution in [2.75, 3.05) is 7.11 Å². The fraction of sp³-hybridized carbons (Fsp3) is 0.250. The molecule has 0 heterocycles. The third-order valence-electron chi connectivity index (χ3n) is 3.01. The Morgan fingerprint density at radius 1 is 1.05 bits per heavy atom. The van der Waals surface area contributed by atoms with Crippen LogP contribution in [0.5, 0.6) is 11.5 Å². The monoisotopic (exact) mass is 383 g/mol. The van der Waals surface area contributed by atoms with Crippen LogP contribution in [0.25, 0.3) is 0 Å². The highest BCUT2D eigenvalue weighted by Crippen LogP contribution is 2.28. The first-order valence-electron chi connectivity index (χ1n) is 6.42. The molecule has 0 saturated heterocycles. The predicted octanol–water partition coefficient (Wildman–Crippen LogP) is 3.77. The van der Waals surface area contributed by atoms with Gasteiger partial charge in [-0.25, -0.2) is 0 Å². The smallest absolute Gasteiger partial charge is 0.139 e. The molecule has 106 valence electrons. The van der Waals surface area contributed by atoms with Gasteiger partial charge in [-0.3, -0.25) is 0 Å². The van der Waals surface area contributed by atoms with Crippen LogP contribution in [0.2, 0.25) is 0 Å². The maximum Gasteiger partial charge on any atom is 0.139 e. The van der Waals surface area contributed by atoms with Gasteiger partial charge in [0.05, 0.1) is 10.7 Å². The molecule has 2 atom stereocenters. The van der Waals surface area contributed by atoms with Crippen LogP contribution in [0.1, 0.15) is 18.6 Å². The second-order valence-electron chi connectivity index (χ2n) is 4.60. The molecule has 0 aromatic heterocycles. The van der Waals surface area contributed by atoms with Crippen LogP contribution in [0.15, 0.2) is 48.5 Å². The Morgan fingerprint density at radius 3 is 2.25 bits per heavy atom. The third-order valence-corrected chi connectivity index (χ3v) is 3.90. The molecular weight excluding hydrogens is 365 g/mol. The van der Waals surface area contributed by atoms with Gasteiger partial charge in [-0.1, -0.05) is 24.3 Å². The van der Waals surface area contributed by atoms with E-state index in [1.807, 2.05) is 55.5 Å². The lowest BCUT2D eigenvalue weighted by atomic mass is 10.0. The van der Waals surface area contributed by atoms with Gasteiger partial charge in [0.15, 0.2) is 0 Å². The van der Waals surface area contributed by atoms with E-state index in [1.165, 1.54) is 0 Å². The topological polar surface area (TPSA) is 44.5 Å². The summed E-state index contributed by atoms with van der Waals surface area (Å²) < 4.78 is 12.3. The van der Waals surface area contributed by atoms with Gasteiger partial charge in [-0.05, 0) is 59.3 Å². The number of halogens is 1. The maximum absolute atomic E-state index is 6.09. The van der Waals surface area contributed by atoms with E-state index < -0.39 is 0 Å². The van der Waals surface area contributed by atoms with E-state index >= 15 is 0 Å². The molecule has 0 spiro atoms. The van der Waals surface area contributed by atoms with E-state index in [0.717, 1.165) is 20.6 Å². The van der Waals surface area contributed by atoms with Gasteiger partial charge in [0, 0.05) is 6.04 Å². The molecule has 3 nitrogen and oxygen atoms in total. The quantitative estimate of drug-likeness (QED) is 0.800. The summed E-state index contributed by atoms with van der Waals surface area (Å²) >= 11 is 2.26. The Hall–Kier alpha value is -1.27. The van der Waals surface area contributed by atoms with Crippen LogP contribution in [0.4, 0.5) is 0 Å². The number of nitrogens with two attached hydrogens (primary N) is 1. The second-order valence-corrected chi connectivity index (χ2v) is 5.76. The van der Waals surface area contributed by atoms with E-state index in [4.69, 9.17) is 15.2 Å². The van der Waals surface area contributed by atoms with Gasteiger partial charge in [0.25, 0.3) is 0 Å². The number of methoxy groups -OCH3 is 1. The highest BCUT2D eigenvalue weighted by atomic mass is 127. The highest BCUT2D eigenvalue weighted by Gasteiger charge is 2.19. The normalized spacial score (nSPS) is 13.6. The maximum atomic E-state index is 6.09. The molecule has 0 aliphatic rings. The van der Waals surface area contributed by atoms with Crippen molar-refractivity contribution in [1.29, 1.82) is 0 Å². The molecule has 0 aliphatic heterocycles. The summed E-state index contributed by atoms with van der Waals surface area (Å²) in [7, 11) is 1.65. The number of hydrogen-bond acceptors (Lipinski definition) is 3. The summed E-state index contributed by atoms with van der Waals surface area (Å²) in [6.07, 6.45) is -0.183. The zero-order chi connectivity index (χ0) is 14.5. The average molecular weight is 383 g/mol. The van der Waals surface area contributed by atoms with E-state index in [0.29, 0.717) is 0 Å². The lowest BCUT2D eigenvalue weighted by Crippen LogP contribution is -2.29. The van der Waals surface area contributed by atoms with Crippen LogP contribution in [0, 0.1) is 3.57 Å². The van der Waals surface area contributed by atoms with Crippen molar-refractivity contribution in [2.45, 2.75) is 19.1 Å². The Bertz CT molecular complexity index is 555. The van der Waals surface area contributed by atoms with E-state index in [2.05, 4.69) is 22.6 Å². The number of hydrogen-bond donors (Lipinski definition) is 1. The first-order chi connectivity index (χ1) is 9.61. The minimum Gasteiger partial charge on any atom is -0.497 e. The molecule has 2 aromatic carbocycles. The molecule has 0 amide bonds. The summed E-state index contributed by atoms with van der Waals surface area (Å²) in [5, 5.41) is 0. The fourth-order valence-electron chi connectivity index (χ4n) is 1.95. The molecule has 0 aliphatic carbocycles. The molecule has 0 radical (unpaired) electrons. The molecular formula is C16H18INO2. The van der Waals surface area contributed by atoms with Crippen molar-refractivity contribution < 1.29 is 9.47 Å². The second kappa shape index (κ2) is 6.95. The summed E-state index contributed by atoms with van der Waals surface area (Å²) in [5.74, 6) is 1.68. The first-order valence-corrected chi connectivity index (χ1v) is 7.50. The molecule has 2 aromatic rings. The van der Waals surface area contributed by atoms with Crippen molar-refractivity contribution in [3.05, 3.63) is 57.7 Å². The van der Waals surface area contributed by atoms with Crippen LogP contribution < -0.4 is 15.2 Å². The number of ether oxygens (including phenoxy) is 2. The highest BCUT2D eigenvalue weighted by molar-refractivity contribution is 14.1. The lowest BCUT2D eigenvalue weighted by molar-refractivity contribution is 0.179. The third kappa shape index (κ3) is 3.64. The number of benzene rings is 2. The SMILES string of the molecule is COc1ccc(C(Oc2ccccc2I)C(C)N)cc1. The van der Waals surface area contributed by atoms with Gasteiger partial charge in [-0.15, -0.1) is 0 Å².